The molecule has 5 nitrogen and oxygen atoms in total. The normalized spacial score (nSPS) is 11.3. The van der Waals surface area contributed by atoms with Crippen molar-refractivity contribution in [2.45, 2.75) is 32.4 Å². The molecule has 0 saturated carbocycles. The third-order valence-corrected chi connectivity index (χ3v) is 6.56. The SMILES string of the molecule is Cc1cc(C)cc(N(CCCC(=O)NCCSCc2ccccc2)S(C)(=O)=O)c1. The van der Waals surface area contributed by atoms with E-state index < -0.39 is 10.0 Å². The molecule has 0 fully saturated rings. The average molecular weight is 435 g/mol. The first-order valence-corrected chi connectivity index (χ1v) is 12.7. The molecule has 0 saturated heterocycles. The van der Waals surface area contributed by atoms with E-state index in [0.29, 0.717) is 25.1 Å². The van der Waals surface area contributed by atoms with E-state index >= 15 is 0 Å². The first-order chi connectivity index (χ1) is 13.8. The fourth-order valence-electron chi connectivity index (χ4n) is 3.08. The summed E-state index contributed by atoms with van der Waals surface area (Å²) in [5, 5.41) is 2.91. The second-order valence-electron chi connectivity index (χ2n) is 7.17. The molecule has 2 aromatic rings. The maximum atomic E-state index is 12.2. The van der Waals surface area contributed by atoms with Crippen molar-refractivity contribution in [3.63, 3.8) is 0 Å². The molecule has 0 bridgehead atoms. The molecule has 1 N–H and O–H groups in total. The van der Waals surface area contributed by atoms with Crippen molar-refractivity contribution in [2.24, 2.45) is 0 Å². The van der Waals surface area contributed by atoms with Crippen LogP contribution in [0.25, 0.3) is 0 Å². The highest BCUT2D eigenvalue weighted by Crippen LogP contribution is 2.21. The van der Waals surface area contributed by atoms with E-state index in [9.17, 15) is 13.2 Å². The Morgan fingerprint density at radius 2 is 1.72 bits per heavy atom. The fraction of sp³-hybridized carbons (Fsp3) is 0.409. The first kappa shape index (κ1) is 23.3. The lowest BCUT2D eigenvalue weighted by atomic mass is 10.1. The molecule has 0 aromatic heterocycles. The smallest absolute Gasteiger partial charge is 0.232 e. The summed E-state index contributed by atoms with van der Waals surface area (Å²) in [6, 6.07) is 16.0. The molecule has 0 spiro atoms. The minimum absolute atomic E-state index is 0.0424. The maximum Gasteiger partial charge on any atom is 0.232 e. The predicted molar refractivity (Wildman–Crippen MR) is 123 cm³/mol. The van der Waals surface area contributed by atoms with E-state index in [1.807, 2.05) is 50.2 Å². The van der Waals surface area contributed by atoms with Crippen molar-refractivity contribution < 1.29 is 13.2 Å². The predicted octanol–water partition coefficient (Wildman–Crippen LogP) is 3.90. The molecule has 29 heavy (non-hydrogen) atoms. The van der Waals surface area contributed by atoms with Gasteiger partial charge in [0.05, 0.1) is 11.9 Å². The summed E-state index contributed by atoms with van der Waals surface area (Å²) in [6.45, 7) is 4.79. The van der Waals surface area contributed by atoms with Crippen LogP contribution in [0.15, 0.2) is 48.5 Å². The Labute approximate surface area is 178 Å². The summed E-state index contributed by atoms with van der Waals surface area (Å²) < 4.78 is 25.8. The Bertz CT molecular complexity index is 879. The molecule has 7 heteroatoms. The van der Waals surface area contributed by atoms with Gasteiger partial charge in [-0.2, -0.15) is 11.8 Å². The highest BCUT2D eigenvalue weighted by molar-refractivity contribution is 7.98. The van der Waals surface area contributed by atoms with Crippen LogP contribution >= 0.6 is 11.8 Å². The first-order valence-electron chi connectivity index (χ1n) is 9.70. The summed E-state index contributed by atoms with van der Waals surface area (Å²) in [5.41, 5.74) is 3.96. The fourth-order valence-corrected chi connectivity index (χ4v) is 4.85. The topological polar surface area (TPSA) is 66.5 Å². The zero-order valence-corrected chi connectivity index (χ0v) is 19.0. The number of aryl methyl sites for hydroxylation is 2. The van der Waals surface area contributed by atoms with Crippen LogP contribution in [0.3, 0.4) is 0 Å². The van der Waals surface area contributed by atoms with Crippen LogP contribution in [-0.2, 0) is 20.6 Å². The number of hydrogen-bond donors (Lipinski definition) is 1. The van der Waals surface area contributed by atoms with Crippen LogP contribution in [0, 0.1) is 13.8 Å². The van der Waals surface area contributed by atoms with Crippen LogP contribution in [0.1, 0.15) is 29.5 Å². The standard InChI is InChI=1S/C22H30N2O3S2/c1-18-14-19(2)16-21(15-18)24(29(3,26)27)12-7-10-22(25)23-11-13-28-17-20-8-5-4-6-9-20/h4-6,8-9,14-16H,7,10-13,17H2,1-3H3,(H,23,25). The summed E-state index contributed by atoms with van der Waals surface area (Å²) in [5.74, 6) is 1.73. The van der Waals surface area contributed by atoms with Crippen LogP contribution in [0.2, 0.25) is 0 Å². The second-order valence-corrected chi connectivity index (χ2v) is 10.2. The van der Waals surface area contributed by atoms with Gasteiger partial charge < -0.3 is 5.32 Å². The van der Waals surface area contributed by atoms with Gasteiger partial charge in [0.2, 0.25) is 15.9 Å². The Kier molecular flexibility index (Phi) is 9.04. The van der Waals surface area contributed by atoms with E-state index in [-0.39, 0.29) is 12.5 Å². The highest BCUT2D eigenvalue weighted by Gasteiger charge is 2.18. The van der Waals surface area contributed by atoms with Gasteiger partial charge in [0.25, 0.3) is 0 Å². The van der Waals surface area contributed by atoms with E-state index in [2.05, 4.69) is 17.4 Å². The summed E-state index contributed by atoms with van der Waals surface area (Å²) in [6.07, 6.45) is 1.98. The number of carbonyl (C=O) groups excluding carboxylic acids is 1. The van der Waals surface area contributed by atoms with Crippen LogP contribution in [0.5, 0.6) is 0 Å². The van der Waals surface area contributed by atoms with E-state index in [1.165, 1.54) is 16.1 Å². The number of amides is 1. The van der Waals surface area contributed by atoms with Crippen LogP contribution < -0.4 is 9.62 Å². The van der Waals surface area contributed by atoms with Gasteiger partial charge in [-0.25, -0.2) is 8.42 Å². The zero-order chi connectivity index (χ0) is 21.3. The lowest BCUT2D eigenvalue weighted by molar-refractivity contribution is -0.121. The number of thioether (sulfide) groups is 1. The Hall–Kier alpha value is -1.99. The monoisotopic (exact) mass is 434 g/mol. The van der Waals surface area contributed by atoms with E-state index in [4.69, 9.17) is 0 Å². The summed E-state index contributed by atoms with van der Waals surface area (Å²) in [7, 11) is -3.40. The van der Waals surface area contributed by atoms with Gasteiger partial charge >= 0.3 is 0 Å². The van der Waals surface area contributed by atoms with Gasteiger partial charge in [0.1, 0.15) is 0 Å². The number of rotatable bonds is 11. The number of carbonyl (C=O) groups is 1. The Balaban J connectivity index is 1.73. The number of hydrogen-bond acceptors (Lipinski definition) is 4. The molecule has 0 aliphatic carbocycles. The third kappa shape index (κ3) is 8.50. The number of nitrogens with one attached hydrogen (secondary N) is 1. The number of anilines is 1. The highest BCUT2D eigenvalue weighted by atomic mass is 32.2. The van der Waals surface area contributed by atoms with Crippen molar-refractivity contribution in [1.82, 2.24) is 5.32 Å². The second kappa shape index (κ2) is 11.3. The molecule has 0 unspecified atom stereocenters. The minimum atomic E-state index is -3.40. The van der Waals surface area contributed by atoms with Gasteiger partial charge in [-0.3, -0.25) is 9.10 Å². The maximum absolute atomic E-state index is 12.2. The quantitative estimate of drug-likeness (QED) is 0.545. The average Bonchev–Trinajstić information content (AvgIpc) is 2.64. The van der Waals surface area contributed by atoms with Gasteiger partial charge in [0.15, 0.2) is 0 Å². The van der Waals surface area contributed by atoms with Crippen molar-refractivity contribution in [2.75, 3.05) is 29.4 Å². The van der Waals surface area contributed by atoms with Gasteiger partial charge in [-0.1, -0.05) is 36.4 Å². The largest absolute Gasteiger partial charge is 0.355 e. The molecule has 0 atom stereocenters. The Morgan fingerprint density at radius 3 is 2.34 bits per heavy atom. The number of sulfonamides is 1. The van der Waals surface area contributed by atoms with Crippen molar-refractivity contribution >= 4 is 33.4 Å². The van der Waals surface area contributed by atoms with E-state index in [1.54, 1.807) is 11.8 Å². The molecule has 1 amide bonds. The summed E-state index contributed by atoms with van der Waals surface area (Å²) >= 11 is 1.78. The molecule has 0 aliphatic rings. The minimum Gasteiger partial charge on any atom is -0.355 e. The Morgan fingerprint density at radius 1 is 1.07 bits per heavy atom. The lowest BCUT2D eigenvalue weighted by Crippen LogP contribution is -2.32. The lowest BCUT2D eigenvalue weighted by Gasteiger charge is -2.23. The van der Waals surface area contributed by atoms with Gasteiger partial charge in [-0.05, 0) is 49.1 Å². The van der Waals surface area contributed by atoms with Crippen molar-refractivity contribution in [3.05, 3.63) is 65.2 Å². The van der Waals surface area contributed by atoms with Crippen LogP contribution in [-0.4, -0.2) is 39.4 Å². The molecule has 2 rings (SSSR count). The molecule has 0 radical (unpaired) electrons. The zero-order valence-electron chi connectivity index (χ0n) is 17.3. The molecule has 0 aliphatic heterocycles. The molecule has 158 valence electrons. The van der Waals surface area contributed by atoms with E-state index in [0.717, 1.165) is 22.6 Å². The number of nitrogens with zero attached hydrogens (tertiary/aromatic N) is 1. The molecule has 2 aromatic carbocycles. The summed E-state index contributed by atoms with van der Waals surface area (Å²) in [4.78, 5) is 12.1. The van der Waals surface area contributed by atoms with Gasteiger partial charge in [0, 0.05) is 31.0 Å². The molecule has 0 heterocycles. The van der Waals surface area contributed by atoms with Crippen molar-refractivity contribution in [1.29, 1.82) is 0 Å². The molecular weight excluding hydrogens is 404 g/mol. The molecular formula is C22H30N2O3S2. The van der Waals surface area contributed by atoms with Gasteiger partial charge in [-0.15, -0.1) is 0 Å². The number of benzene rings is 2. The third-order valence-electron chi connectivity index (χ3n) is 4.34. The van der Waals surface area contributed by atoms with Crippen LogP contribution in [0.4, 0.5) is 5.69 Å². The van der Waals surface area contributed by atoms with Crippen molar-refractivity contribution in [3.8, 4) is 0 Å².